The van der Waals surface area contributed by atoms with Crippen LogP contribution < -0.4 is 15.8 Å². The van der Waals surface area contributed by atoms with Crippen LogP contribution in [0.1, 0.15) is 29.3 Å². The summed E-state index contributed by atoms with van der Waals surface area (Å²) in [5.41, 5.74) is 6.78. The van der Waals surface area contributed by atoms with Crippen LogP contribution in [0.4, 0.5) is 0 Å². The molecule has 2 amide bonds. The topological polar surface area (TPSA) is 81.4 Å². The van der Waals surface area contributed by atoms with Crippen molar-refractivity contribution in [3.63, 3.8) is 0 Å². The minimum atomic E-state index is -0.581. The lowest BCUT2D eigenvalue weighted by Crippen LogP contribution is -2.36. The molecule has 0 heterocycles. The fourth-order valence-electron chi connectivity index (χ4n) is 2.36. The molecular formula is C19H22N2O3. The first-order chi connectivity index (χ1) is 11.6. The number of nitrogens with two attached hydrogens (primary N) is 1. The molecule has 0 saturated heterocycles. The van der Waals surface area contributed by atoms with E-state index >= 15 is 0 Å². The van der Waals surface area contributed by atoms with Gasteiger partial charge in [-0.05, 0) is 37.5 Å². The van der Waals surface area contributed by atoms with Gasteiger partial charge in [-0.15, -0.1) is 0 Å². The molecule has 2 aromatic carbocycles. The van der Waals surface area contributed by atoms with Crippen molar-refractivity contribution in [3.8, 4) is 5.75 Å². The Morgan fingerprint density at radius 2 is 1.75 bits per heavy atom. The molecule has 3 N–H and O–H groups in total. The zero-order chi connectivity index (χ0) is 17.4. The molecule has 0 aromatic heterocycles. The molecule has 0 aliphatic carbocycles. The van der Waals surface area contributed by atoms with Gasteiger partial charge < -0.3 is 15.8 Å². The number of nitrogens with one attached hydrogen (secondary N) is 1. The lowest BCUT2D eigenvalue weighted by Gasteiger charge is -2.15. The van der Waals surface area contributed by atoms with E-state index < -0.39 is 5.91 Å². The molecule has 0 unspecified atom stereocenters. The summed E-state index contributed by atoms with van der Waals surface area (Å²) in [6.07, 6.45) is 1.74. The van der Waals surface area contributed by atoms with E-state index in [1.807, 2.05) is 25.1 Å². The van der Waals surface area contributed by atoms with Crippen molar-refractivity contribution in [1.82, 2.24) is 5.32 Å². The molecule has 0 bridgehead atoms. The first-order valence-corrected chi connectivity index (χ1v) is 7.91. The lowest BCUT2D eigenvalue weighted by molar-refractivity contribution is -0.123. The Bertz CT molecular complexity index is 686. The summed E-state index contributed by atoms with van der Waals surface area (Å²) >= 11 is 0. The van der Waals surface area contributed by atoms with E-state index in [9.17, 15) is 9.59 Å². The number of rotatable bonds is 8. The monoisotopic (exact) mass is 326 g/mol. The molecule has 5 nitrogen and oxygen atoms in total. The number of amides is 2. The molecule has 5 heteroatoms. The Labute approximate surface area is 141 Å². The number of para-hydroxylation sites is 1. The number of hydrogen-bond donors (Lipinski definition) is 2. The highest BCUT2D eigenvalue weighted by atomic mass is 16.5. The van der Waals surface area contributed by atoms with Crippen molar-refractivity contribution >= 4 is 11.8 Å². The Kier molecular flexibility index (Phi) is 6.37. The molecular weight excluding hydrogens is 304 g/mol. The summed E-state index contributed by atoms with van der Waals surface area (Å²) in [4.78, 5) is 23.3. The van der Waals surface area contributed by atoms with Gasteiger partial charge in [-0.25, -0.2) is 0 Å². The molecule has 0 spiro atoms. The number of primary amides is 1. The minimum absolute atomic E-state index is 0.0349. The van der Waals surface area contributed by atoms with E-state index in [4.69, 9.17) is 10.5 Å². The van der Waals surface area contributed by atoms with Gasteiger partial charge in [0.05, 0.1) is 5.56 Å². The molecule has 2 rings (SSSR count). The Balaban J connectivity index is 1.78. The Morgan fingerprint density at radius 3 is 2.46 bits per heavy atom. The Morgan fingerprint density at radius 1 is 1.08 bits per heavy atom. The summed E-state index contributed by atoms with van der Waals surface area (Å²) in [6.45, 7) is 1.80. The number of aryl methyl sites for hydroxylation is 1. The lowest BCUT2D eigenvalue weighted by atomic mass is 10.1. The third kappa shape index (κ3) is 5.43. The SMILES string of the molecule is C[C@H](CCc1ccccc1)NC(=O)COc1ccccc1C(N)=O. The van der Waals surface area contributed by atoms with E-state index in [0.29, 0.717) is 5.75 Å². The van der Waals surface area contributed by atoms with Crippen LogP contribution in [-0.2, 0) is 11.2 Å². The molecule has 0 saturated carbocycles. The smallest absolute Gasteiger partial charge is 0.258 e. The van der Waals surface area contributed by atoms with Crippen LogP contribution in [0.15, 0.2) is 54.6 Å². The second kappa shape index (κ2) is 8.72. The van der Waals surface area contributed by atoms with Gasteiger partial charge in [-0.2, -0.15) is 0 Å². The number of hydrogen-bond acceptors (Lipinski definition) is 3. The third-order valence-electron chi connectivity index (χ3n) is 3.63. The van der Waals surface area contributed by atoms with Gasteiger partial charge in [0.1, 0.15) is 5.75 Å². The van der Waals surface area contributed by atoms with Gasteiger partial charge in [0.2, 0.25) is 0 Å². The number of carbonyl (C=O) groups excluding carboxylic acids is 2. The van der Waals surface area contributed by atoms with Gasteiger partial charge in [-0.1, -0.05) is 42.5 Å². The van der Waals surface area contributed by atoms with E-state index in [2.05, 4.69) is 17.4 Å². The maximum Gasteiger partial charge on any atom is 0.258 e. The third-order valence-corrected chi connectivity index (χ3v) is 3.63. The first-order valence-electron chi connectivity index (χ1n) is 7.91. The number of ether oxygens (including phenoxy) is 1. The van der Waals surface area contributed by atoms with E-state index in [1.54, 1.807) is 24.3 Å². The quantitative estimate of drug-likeness (QED) is 0.781. The molecule has 0 fully saturated rings. The predicted octanol–water partition coefficient (Wildman–Crippen LogP) is 2.30. The van der Waals surface area contributed by atoms with Crippen molar-refractivity contribution in [1.29, 1.82) is 0 Å². The van der Waals surface area contributed by atoms with Gasteiger partial charge in [0.25, 0.3) is 11.8 Å². The highest BCUT2D eigenvalue weighted by Crippen LogP contribution is 2.16. The summed E-state index contributed by atoms with van der Waals surface area (Å²) in [6, 6.07) is 16.8. The van der Waals surface area contributed by atoms with Crippen LogP contribution in [0.25, 0.3) is 0 Å². The largest absolute Gasteiger partial charge is 0.483 e. The molecule has 0 radical (unpaired) electrons. The highest BCUT2D eigenvalue weighted by Gasteiger charge is 2.12. The van der Waals surface area contributed by atoms with E-state index in [1.165, 1.54) is 5.56 Å². The van der Waals surface area contributed by atoms with Gasteiger partial charge in [-0.3, -0.25) is 9.59 Å². The van der Waals surface area contributed by atoms with Crippen LogP contribution in [-0.4, -0.2) is 24.5 Å². The molecule has 24 heavy (non-hydrogen) atoms. The van der Waals surface area contributed by atoms with Crippen molar-refractivity contribution < 1.29 is 14.3 Å². The standard InChI is InChI=1S/C19H22N2O3/c1-14(11-12-15-7-3-2-4-8-15)21-18(22)13-24-17-10-6-5-9-16(17)19(20)23/h2-10,14H,11-13H2,1H3,(H2,20,23)(H,21,22)/t14-/m1/s1. The van der Waals surface area contributed by atoms with Crippen LogP contribution in [0.5, 0.6) is 5.75 Å². The second-order valence-corrected chi connectivity index (χ2v) is 5.64. The summed E-state index contributed by atoms with van der Waals surface area (Å²) in [5.74, 6) is -0.492. The van der Waals surface area contributed by atoms with Crippen LogP contribution in [0.3, 0.4) is 0 Å². The van der Waals surface area contributed by atoms with Gasteiger partial charge in [0.15, 0.2) is 6.61 Å². The molecule has 0 aliphatic rings. The van der Waals surface area contributed by atoms with Crippen molar-refractivity contribution in [2.24, 2.45) is 5.73 Å². The van der Waals surface area contributed by atoms with Crippen LogP contribution >= 0.6 is 0 Å². The first kappa shape index (κ1) is 17.5. The normalized spacial score (nSPS) is 11.5. The van der Waals surface area contributed by atoms with Crippen molar-refractivity contribution in [3.05, 3.63) is 65.7 Å². The molecule has 2 aromatic rings. The van der Waals surface area contributed by atoms with Crippen LogP contribution in [0.2, 0.25) is 0 Å². The maximum absolute atomic E-state index is 12.0. The number of carbonyl (C=O) groups is 2. The highest BCUT2D eigenvalue weighted by molar-refractivity contribution is 5.95. The average Bonchev–Trinajstić information content (AvgIpc) is 2.59. The summed E-state index contributed by atoms with van der Waals surface area (Å²) < 4.78 is 5.41. The van der Waals surface area contributed by atoms with E-state index in [-0.39, 0.29) is 24.1 Å². The summed E-state index contributed by atoms with van der Waals surface area (Å²) in [5, 5.41) is 2.89. The van der Waals surface area contributed by atoms with Gasteiger partial charge in [0, 0.05) is 6.04 Å². The second-order valence-electron chi connectivity index (χ2n) is 5.64. The summed E-state index contributed by atoms with van der Waals surface area (Å²) in [7, 11) is 0. The van der Waals surface area contributed by atoms with E-state index in [0.717, 1.165) is 12.8 Å². The molecule has 1 atom stereocenters. The van der Waals surface area contributed by atoms with Crippen LogP contribution in [0, 0.1) is 0 Å². The predicted molar refractivity (Wildman–Crippen MR) is 92.8 cm³/mol. The zero-order valence-corrected chi connectivity index (χ0v) is 13.7. The fraction of sp³-hybridized carbons (Fsp3) is 0.263. The number of benzene rings is 2. The maximum atomic E-state index is 12.0. The van der Waals surface area contributed by atoms with Crippen molar-refractivity contribution in [2.75, 3.05) is 6.61 Å². The average molecular weight is 326 g/mol. The van der Waals surface area contributed by atoms with Crippen molar-refractivity contribution in [2.45, 2.75) is 25.8 Å². The fourth-order valence-corrected chi connectivity index (χ4v) is 2.36. The van der Waals surface area contributed by atoms with Gasteiger partial charge >= 0.3 is 0 Å². The minimum Gasteiger partial charge on any atom is -0.483 e. The molecule has 126 valence electrons. The Hall–Kier alpha value is -2.82. The zero-order valence-electron chi connectivity index (χ0n) is 13.7. The molecule has 0 aliphatic heterocycles.